The van der Waals surface area contributed by atoms with Crippen LogP contribution in [-0.2, 0) is 21.4 Å². The maximum Gasteiger partial charge on any atom is 0.244 e. The Morgan fingerprint density at radius 3 is 2.47 bits per heavy atom. The minimum atomic E-state index is -3.47. The summed E-state index contributed by atoms with van der Waals surface area (Å²) < 4.78 is 34.1. The van der Waals surface area contributed by atoms with Crippen molar-refractivity contribution in [3.8, 4) is 5.75 Å². The van der Waals surface area contributed by atoms with Crippen LogP contribution in [0.5, 0.6) is 5.75 Å². The highest BCUT2D eigenvalue weighted by atomic mass is 32.2. The number of hydrogen-bond acceptors (Lipinski definition) is 4. The Morgan fingerprint density at radius 2 is 1.77 bits per heavy atom. The van der Waals surface area contributed by atoms with E-state index < -0.39 is 10.0 Å². The Bertz CT molecular complexity index is 1150. The molecule has 1 saturated heterocycles. The van der Waals surface area contributed by atoms with Gasteiger partial charge in [0.25, 0.3) is 0 Å². The minimum absolute atomic E-state index is 0.156. The smallest absolute Gasteiger partial charge is 0.244 e. The first-order valence-electron chi connectivity index (χ1n) is 10.0. The summed E-state index contributed by atoms with van der Waals surface area (Å²) in [7, 11) is -1.85. The first-order valence-corrected chi connectivity index (χ1v) is 11.4. The number of hydrogen-bond donors (Lipinski definition) is 1. The molecule has 1 N–H and O–H groups in total. The van der Waals surface area contributed by atoms with Gasteiger partial charge in [-0.05, 0) is 61.4 Å². The second-order valence-electron chi connectivity index (χ2n) is 7.41. The Hall–Kier alpha value is -2.84. The van der Waals surface area contributed by atoms with Crippen LogP contribution >= 0.6 is 0 Å². The Balaban J connectivity index is 1.43. The molecule has 4 rings (SSSR count). The number of nitrogens with zero attached hydrogens (tertiary/aromatic N) is 2. The molecular formula is C22H25N3O4S. The fourth-order valence-electron chi connectivity index (χ4n) is 3.76. The third-order valence-corrected chi connectivity index (χ3v) is 7.30. The molecule has 30 heavy (non-hydrogen) atoms. The van der Waals surface area contributed by atoms with Gasteiger partial charge in [0.05, 0.1) is 12.0 Å². The predicted molar refractivity (Wildman–Crippen MR) is 116 cm³/mol. The largest absolute Gasteiger partial charge is 0.497 e. The highest BCUT2D eigenvalue weighted by Crippen LogP contribution is 2.23. The number of ether oxygens (including phenoxy) is 1. The highest BCUT2D eigenvalue weighted by molar-refractivity contribution is 7.89. The number of anilines is 1. The molecule has 1 aliphatic heterocycles. The summed E-state index contributed by atoms with van der Waals surface area (Å²) in [6.07, 6.45) is 4.72. The summed E-state index contributed by atoms with van der Waals surface area (Å²) >= 11 is 0. The van der Waals surface area contributed by atoms with Crippen LogP contribution in [0.2, 0.25) is 0 Å². The van der Waals surface area contributed by atoms with Crippen LogP contribution in [0.3, 0.4) is 0 Å². The lowest BCUT2D eigenvalue weighted by Gasteiger charge is -2.25. The van der Waals surface area contributed by atoms with Crippen molar-refractivity contribution in [1.29, 1.82) is 0 Å². The van der Waals surface area contributed by atoms with Gasteiger partial charge >= 0.3 is 0 Å². The second kappa shape index (κ2) is 8.49. The molecule has 158 valence electrons. The SMILES string of the molecule is COc1ccc2c(ccn2CC(=O)Nc2ccc(S(=O)(=O)N3CCCCC3)cc2)c1. The monoisotopic (exact) mass is 427 g/mol. The molecule has 0 atom stereocenters. The van der Waals surface area contributed by atoms with Crippen LogP contribution in [0, 0.1) is 0 Å². The number of carbonyl (C=O) groups is 1. The molecule has 2 aromatic carbocycles. The molecule has 7 nitrogen and oxygen atoms in total. The lowest BCUT2D eigenvalue weighted by molar-refractivity contribution is -0.116. The first-order chi connectivity index (χ1) is 14.5. The van der Waals surface area contributed by atoms with Gasteiger partial charge in [-0.1, -0.05) is 6.42 Å². The Labute approximate surface area is 176 Å². The van der Waals surface area contributed by atoms with Crippen molar-refractivity contribution in [3.63, 3.8) is 0 Å². The average Bonchev–Trinajstić information content (AvgIpc) is 3.16. The molecule has 0 radical (unpaired) electrons. The minimum Gasteiger partial charge on any atom is -0.497 e. The number of rotatable bonds is 6. The summed E-state index contributed by atoms with van der Waals surface area (Å²) in [5.41, 5.74) is 1.50. The normalized spacial score (nSPS) is 15.2. The number of methoxy groups -OCH3 is 1. The molecule has 1 aromatic heterocycles. The highest BCUT2D eigenvalue weighted by Gasteiger charge is 2.25. The predicted octanol–water partition coefficient (Wildman–Crippen LogP) is 3.46. The van der Waals surface area contributed by atoms with Crippen LogP contribution in [0.4, 0.5) is 5.69 Å². The van der Waals surface area contributed by atoms with Gasteiger partial charge < -0.3 is 14.6 Å². The summed E-state index contributed by atoms with van der Waals surface area (Å²) in [6, 6.07) is 14.0. The zero-order chi connectivity index (χ0) is 21.1. The van der Waals surface area contributed by atoms with Gasteiger partial charge in [0.2, 0.25) is 15.9 Å². The van der Waals surface area contributed by atoms with E-state index in [9.17, 15) is 13.2 Å². The third-order valence-electron chi connectivity index (χ3n) is 5.38. The second-order valence-corrected chi connectivity index (χ2v) is 9.34. The third kappa shape index (κ3) is 4.20. The zero-order valence-corrected chi connectivity index (χ0v) is 17.7. The van der Waals surface area contributed by atoms with Crippen LogP contribution in [-0.4, -0.2) is 43.4 Å². The molecule has 1 amide bonds. The van der Waals surface area contributed by atoms with Crippen molar-refractivity contribution in [2.24, 2.45) is 0 Å². The van der Waals surface area contributed by atoms with Crippen LogP contribution in [0.15, 0.2) is 59.6 Å². The number of carbonyl (C=O) groups excluding carboxylic acids is 1. The Morgan fingerprint density at radius 1 is 1.03 bits per heavy atom. The van der Waals surface area contributed by atoms with Crippen LogP contribution in [0.1, 0.15) is 19.3 Å². The standard InChI is InChI=1S/C22H25N3O4S/c1-29-19-7-10-21-17(15-19)11-14-24(21)16-22(26)23-18-5-8-20(9-6-18)30(27,28)25-12-3-2-4-13-25/h5-11,14-15H,2-4,12-13,16H2,1H3,(H,23,26). The van der Waals surface area contributed by atoms with Crippen molar-refractivity contribution in [2.75, 3.05) is 25.5 Å². The molecular weight excluding hydrogens is 402 g/mol. The van der Waals surface area contributed by atoms with Gasteiger partial charge in [-0.15, -0.1) is 0 Å². The number of aromatic nitrogens is 1. The van der Waals surface area contributed by atoms with E-state index in [1.54, 1.807) is 31.4 Å². The zero-order valence-electron chi connectivity index (χ0n) is 16.9. The number of benzene rings is 2. The lowest BCUT2D eigenvalue weighted by atomic mass is 10.2. The number of fused-ring (bicyclic) bond motifs is 1. The van der Waals surface area contributed by atoms with Crippen molar-refractivity contribution in [3.05, 3.63) is 54.7 Å². The average molecular weight is 428 g/mol. The van der Waals surface area contributed by atoms with Crippen molar-refractivity contribution in [2.45, 2.75) is 30.7 Å². The van der Waals surface area contributed by atoms with E-state index in [-0.39, 0.29) is 17.3 Å². The van der Waals surface area contributed by atoms with E-state index in [1.165, 1.54) is 4.31 Å². The molecule has 1 fully saturated rings. The molecule has 0 aliphatic carbocycles. The molecule has 0 unspecified atom stereocenters. The quantitative estimate of drug-likeness (QED) is 0.653. The van der Waals surface area contributed by atoms with Gasteiger partial charge in [-0.25, -0.2) is 8.42 Å². The topological polar surface area (TPSA) is 80.6 Å². The summed E-state index contributed by atoms with van der Waals surface area (Å²) in [4.78, 5) is 12.7. The van der Waals surface area contributed by atoms with Gasteiger partial charge in [-0.3, -0.25) is 4.79 Å². The van der Waals surface area contributed by atoms with Gasteiger partial charge in [-0.2, -0.15) is 4.31 Å². The van der Waals surface area contributed by atoms with Gasteiger partial charge in [0.15, 0.2) is 0 Å². The van der Waals surface area contributed by atoms with E-state index in [2.05, 4.69) is 5.32 Å². The maximum absolute atomic E-state index is 12.7. The number of nitrogens with one attached hydrogen (secondary N) is 1. The van der Waals surface area contributed by atoms with Gasteiger partial charge in [0.1, 0.15) is 12.3 Å². The number of sulfonamides is 1. The molecule has 0 saturated carbocycles. The molecule has 1 aliphatic rings. The maximum atomic E-state index is 12.7. The molecule has 0 bridgehead atoms. The van der Waals surface area contributed by atoms with E-state index in [0.717, 1.165) is 35.9 Å². The summed E-state index contributed by atoms with van der Waals surface area (Å²) in [5.74, 6) is 0.583. The van der Waals surface area contributed by atoms with Crippen molar-refractivity contribution < 1.29 is 17.9 Å². The van der Waals surface area contributed by atoms with Crippen molar-refractivity contribution in [1.82, 2.24) is 8.87 Å². The molecule has 8 heteroatoms. The van der Waals surface area contributed by atoms with E-state index in [1.807, 2.05) is 35.0 Å². The molecule has 2 heterocycles. The van der Waals surface area contributed by atoms with Crippen molar-refractivity contribution >= 4 is 32.5 Å². The van der Waals surface area contributed by atoms with E-state index in [0.29, 0.717) is 18.8 Å². The number of amides is 1. The van der Waals surface area contributed by atoms with Crippen LogP contribution < -0.4 is 10.1 Å². The van der Waals surface area contributed by atoms with E-state index >= 15 is 0 Å². The molecule has 3 aromatic rings. The first kappa shape index (κ1) is 20.4. The van der Waals surface area contributed by atoms with Gasteiger partial charge in [0, 0.05) is 35.9 Å². The summed E-state index contributed by atoms with van der Waals surface area (Å²) in [5, 5.41) is 3.83. The Kier molecular flexibility index (Phi) is 5.78. The number of piperidine rings is 1. The lowest BCUT2D eigenvalue weighted by Crippen LogP contribution is -2.35. The summed E-state index contributed by atoms with van der Waals surface area (Å²) in [6.45, 7) is 1.29. The van der Waals surface area contributed by atoms with E-state index in [4.69, 9.17) is 4.74 Å². The van der Waals surface area contributed by atoms with Crippen LogP contribution in [0.25, 0.3) is 10.9 Å². The molecule has 0 spiro atoms. The fraction of sp³-hybridized carbons (Fsp3) is 0.318. The fourth-order valence-corrected chi connectivity index (χ4v) is 5.28.